The predicted molar refractivity (Wildman–Crippen MR) is 125 cm³/mol. The van der Waals surface area contributed by atoms with Crippen molar-refractivity contribution in [1.29, 1.82) is 0 Å². The highest BCUT2D eigenvalue weighted by Crippen LogP contribution is 2.26. The number of carbonyl (C=O) groups excluding carboxylic acids is 2. The fourth-order valence-electron chi connectivity index (χ4n) is 4.64. The summed E-state index contributed by atoms with van der Waals surface area (Å²) in [4.78, 5) is 29.6. The second kappa shape index (κ2) is 9.13. The van der Waals surface area contributed by atoms with Crippen molar-refractivity contribution in [3.8, 4) is 5.75 Å². The number of nitrogens with zero attached hydrogens (tertiary/aromatic N) is 2. The number of benzene rings is 3. The van der Waals surface area contributed by atoms with Crippen LogP contribution in [-0.4, -0.2) is 54.3 Å². The number of rotatable bonds is 6. The van der Waals surface area contributed by atoms with Gasteiger partial charge in [0, 0.05) is 57.5 Å². The van der Waals surface area contributed by atoms with E-state index < -0.39 is 0 Å². The van der Waals surface area contributed by atoms with Gasteiger partial charge in [-0.05, 0) is 34.0 Å². The summed E-state index contributed by atoms with van der Waals surface area (Å²) < 4.78 is 5.59. The lowest BCUT2D eigenvalue weighted by Crippen LogP contribution is -2.48. The standard InChI is InChI=1S/C27H28N2O3/c30-25(23-7-6-21-3-1-2-4-22(21)18-23)8-10-27(31)29-14-12-28(13-15-29)19-20-5-9-26-24(17-20)11-16-32-26/h1-7,9,17-18H,8,10-16,19H2. The Morgan fingerprint density at radius 2 is 1.66 bits per heavy atom. The highest BCUT2D eigenvalue weighted by atomic mass is 16.5. The second-order valence-corrected chi connectivity index (χ2v) is 8.68. The van der Waals surface area contributed by atoms with Gasteiger partial charge < -0.3 is 9.64 Å². The number of piperazine rings is 1. The molecule has 2 heterocycles. The Balaban J connectivity index is 1.10. The molecule has 5 rings (SSSR count). The molecule has 32 heavy (non-hydrogen) atoms. The van der Waals surface area contributed by atoms with E-state index in [0.29, 0.717) is 5.56 Å². The average molecular weight is 429 g/mol. The number of Topliss-reactive ketones (excluding diaryl/α,β-unsaturated/α-hetero) is 1. The third kappa shape index (κ3) is 4.53. The number of ether oxygens (including phenoxy) is 1. The maximum absolute atomic E-state index is 12.7. The molecule has 164 valence electrons. The molecule has 0 aliphatic carbocycles. The summed E-state index contributed by atoms with van der Waals surface area (Å²) in [6.07, 6.45) is 1.52. The number of hydrogen-bond acceptors (Lipinski definition) is 4. The molecule has 1 saturated heterocycles. The quantitative estimate of drug-likeness (QED) is 0.555. The topological polar surface area (TPSA) is 49.9 Å². The number of carbonyl (C=O) groups is 2. The van der Waals surface area contributed by atoms with Crippen molar-refractivity contribution in [1.82, 2.24) is 9.80 Å². The fraction of sp³-hybridized carbons (Fsp3) is 0.333. The molecule has 0 unspecified atom stereocenters. The Hall–Kier alpha value is -3.18. The number of ketones is 1. The Bertz CT molecular complexity index is 1150. The van der Waals surface area contributed by atoms with Gasteiger partial charge in [0.25, 0.3) is 0 Å². The van der Waals surface area contributed by atoms with Crippen LogP contribution in [0.5, 0.6) is 5.75 Å². The van der Waals surface area contributed by atoms with E-state index in [0.717, 1.165) is 62.3 Å². The normalized spacial score (nSPS) is 16.1. The van der Waals surface area contributed by atoms with Gasteiger partial charge in [-0.1, -0.05) is 48.5 Å². The van der Waals surface area contributed by atoms with Crippen LogP contribution in [-0.2, 0) is 17.8 Å². The van der Waals surface area contributed by atoms with Crippen LogP contribution in [0.4, 0.5) is 0 Å². The molecule has 3 aromatic carbocycles. The minimum Gasteiger partial charge on any atom is -0.493 e. The van der Waals surface area contributed by atoms with Crippen LogP contribution < -0.4 is 4.74 Å². The summed E-state index contributed by atoms with van der Waals surface area (Å²) in [6.45, 7) is 4.84. The third-order valence-electron chi connectivity index (χ3n) is 6.52. The van der Waals surface area contributed by atoms with E-state index in [1.165, 1.54) is 11.1 Å². The molecule has 0 saturated carbocycles. The molecule has 0 bridgehead atoms. The predicted octanol–water partition coefficient (Wildman–Crippen LogP) is 4.08. The molecule has 0 atom stereocenters. The molecule has 2 aliphatic rings. The molecule has 1 fully saturated rings. The van der Waals surface area contributed by atoms with E-state index in [4.69, 9.17) is 4.74 Å². The first kappa shape index (κ1) is 20.7. The van der Waals surface area contributed by atoms with Crippen molar-refractivity contribution in [2.45, 2.75) is 25.8 Å². The Labute approximate surface area is 188 Å². The molecule has 3 aromatic rings. The van der Waals surface area contributed by atoms with Gasteiger partial charge in [-0.3, -0.25) is 14.5 Å². The van der Waals surface area contributed by atoms with Gasteiger partial charge in [-0.15, -0.1) is 0 Å². The molecule has 1 amide bonds. The van der Waals surface area contributed by atoms with Gasteiger partial charge in [-0.2, -0.15) is 0 Å². The number of amides is 1. The van der Waals surface area contributed by atoms with Gasteiger partial charge in [-0.25, -0.2) is 0 Å². The van der Waals surface area contributed by atoms with E-state index in [-0.39, 0.29) is 24.5 Å². The number of fused-ring (bicyclic) bond motifs is 2. The van der Waals surface area contributed by atoms with Gasteiger partial charge in [0.05, 0.1) is 6.61 Å². The summed E-state index contributed by atoms with van der Waals surface area (Å²) in [5.74, 6) is 1.12. The molecule has 2 aliphatic heterocycles. The molecular formula is C27H28N2O3. The highest BCUT2D eigenvalue weighted by molar-refractivity contribution is 6.01. The van der Waals surface area contributed by atoms with Gasteiger partial charge in [0.2, 0.25) is 5.91 Å². The van der Waals surface area contributed by atoms with E-state index in [1.807, 2.05) is 47.4 Å². The number of hydrogen-bond donors (Lipinski definition) is 0. The average Bonchev–Trinajstić information content (AvgIpc) is 3.30. The summed E-state index contributed by atoms with van der Waals surface area (Å²) in [6, 6.07) is 20.2. The lowest BCUT2D eigenvalue weighted by Gasteiger charge is -2.34. The third-order valence-corrected chi connectivity index (χ3v) is 6.52. The first-order chi connectivity index (χ1) is 15.7. The fourth-order valence-corrected chi connectivity index (χ4v) is 4.64. The van der Waals surface area contributed by atoms with Crippen molar-refractivity contribution >= 4 is 22.5 Å². The maximum atomic E-state index is 12.7. The molecule has 5 heteroatoms. The van der Waals surface area contributed by atoms with E-state index in [1.54, 1.807) is 0 Å². The zero-order chi connectivity index (χ0) is 21.9. The minimum absolute atomic E-state index is 0.0309. The Kier molecular flexibility index (Phi) is 5.91. The van der Waals surface area contributed by atoms with Crippen LogP contribution in [0.2, 0.25) is 0 Å². The van der Waals surface area contributed by atoms with Crippen LogP contribution >= 0.6 is 0 Å². The second-order valence-electron chi connectivity index (χ2n) is 8.68. The smallest absolute Gasteiger partial charge is 0.223 e. The van der Waals surface area contributed by atoms with Crippen LogP contribution in [0.3, 0.4) is 0 Å². The minimum atomic E-state index is 0.0309. The zero-order valence-corrected chi connectivity index (χ0v) is 18.3. The largest absolute Gasteiger partial charge is 0.493 e. The first-order valence-electron chi connectivity index (χ1n) is 11.4. The Morgan fingerprint density at radius 3 is 2.50 bits per heavy atom. The van der Waals surface area contributed by atoms with E-state index in [2.05, 4.69) is 23.1 Å². The zero-order valence-electron chi connectivity index (χ0n) is 18.3. The van der Waals surface area contributed by atoms with E-state index in [9.17, 15) is 9.59 Å². The first-order valence-corrected chi connectivity index (χ1v) is 11.4. The monoisotopic (exact) mass is 428 g/mol. The summed E-state index contributed by atoms with van der Waals surface area (Å²) in [7, 11) is 0. The summed E-state index contributed by atoms with van der Waals surface area (Å²) in [5, 5.41) is 2.17. The van der Waals surface area contributed by atoms with Crippen molar-refractivity contribution in [3.05, 3.63) is 77.4 Å². The summed E-state index contributed by atoms with van der Waals surface area (Å²) in [5.41, 5.74) is 3.28. The van der Waals surface area contributed by atoms with Crippen LogP contribution in [0.15, 0.2) is 60.7 Å². The Morgan fingerprint density at radius 1 is 0.844 bits per heavy atom. The van der Waals surface area contributed by atoms with Crippen LogP contribution in [0, 0.1) is 0 Å². The van der Waals surface area contributed by atoms with E-state index >= 15 is 0 Å². The maximum Gasteiger partial charge on any atom is 0.223 e. The van der Waals surface area contributed by atoms with Crippen molar-refractivity contribution in [2.75, 3.05) is 32.8 Å². The van der Waals surface area contributed by atoms with Crippen LogP contribution in [0.25, 0.3) is 10.8 Å². The summed E-state index contributed by atoms with van der Waals surface area (Å²) >= 11 is 0. The molecular weight excluding hydrogens is 400 g/mol. The molecule has 0 N–H and O–H groups in total. The molecule has 0 spiro atoms. The van der Waals surface area contributed by atoms with Crippen LogP contribution in [0.1, 0.15) is 34.3 Å². The molecule has 0 aromatic heterocycles. The lowest BCUT2D eigenvalue weighted by molar-refractivity contribution is -0.132. The van der Waals surface area contributed by atoms with Crippen molar-refractivity contribution < 1.29 is 14.3 Å². The molecule has 0 radical (unpaired) electrons. The lowest BCUT2D eigenvalue weighted by atomic mass is 10.0. The van der Waals surface area contributed by atoms with Crippen molar-refractivity contribution in [3.63, 3.8) is 0 Å². The van der Waals surface area contributed by atoms with Crippen molar-refractivity contribution in [2.24, 2.45) is 0 Å². The molecule has 5 nitrogen and oxygen atoms in total. The highest BCUT2D eigenvalue weighted by Gasteiger charge is 2.22. The SMILES string of the molecule is O=C(CCC(=O)N1CCN(Cc2ccc3c(c2)CCO3)CC1)c1ccc2ccccc2c1. The van der Waals surface area contributed by atoms with Gasteiger partial charge >= 0.3 is 0 Å². The van der Waals surface area contributed by atoms with Gasteiger partial charge in [0.1, 0.15) is 5.75 Å². The van der Waals surface area contributed by atoms with Gasteiger partial charge in [0.15, 0.2) is 5.78 Å².